The highest BCUT2D eigenvalue weighted by molar-refractivity contribution is 6.02. The molecule has 112 valence electrons. The van der Waals surface area contributed by atoms with Gasteiger partial charge in [-0.25, -0.2) is 18.2 Å². The molecule has 0 radical (unpaired) electrons. The Kier molecular flexibility index (Phi) is 3.66. The molecule has 0 fully saturated rings. The first-order chi connectivity index (χ1) is 10.6. The molecule has 0 bridgehead atoms. The number of aldehydes is 1. The lowest BCUT2D eigenvalue weighted by molar-refractivity contribution is 0.112. The molecule has 1 aliphatic rings. The minimum Gasteiger partial charge on any atom is -0.475 e. The molecule has 0 aromatic heterocycles. The number of hydrogen-bond donors (Lipinski definition) is 0. The van der Waals surface area contributed by atoms with E-state index in [1.165, 1.54) is 24.3 Å². The first kappa shape index (κ1) is 14.3. The van der Waals surface area contributed by atoms with E-state index in [1.54, 1.807) is 0 Å². The second kappa shape index (κ2) is 5.63. The highest BCUT2D eigenvalue weighted by Gasteiger charge is 2.26. The van der Waals surface area contributed by atoms with E-state index in [0.717, 1.165) is 0 Å². The van der Waals surface area contributed by atoms with Gasteiger partial charge in [-0.2, -0.15) is 0 Å². The van der Waals surface area contributed by atoms with Crippen molar-refractivity contribution in [2.75, 3.05) is 13.2 Å². The molecule has 6 heteroatoms. The van der Waals surface area contributed by atoms with Crippen molar-refractivity contribution in [2.45, 2.75) is 0 Å². The van der Waals surface area contributed by atoms with Crippen molar-refractivity contribution >= 4 is 12.2 Å². The fourth-order valence-corrected chi connectivity index (χ4v) is 2.29. The van der Waals surface area contributed by atoms with Gasteiger partial charge < -0.3 is 4.74 Å². The van der Waals surface area contributed by atoms with Gasteiger partial charge in [0.15, 0.2) is 11.6 Å². The highest BCUT2D eigenvalue weighted by atomic mass is 19.2. The zero-order chi connectivity index (χ0) is 15.7. The molecular weight excluding hydrogens is 295 g/mol. The SMILES string of the molecule is O=Cc1ccc(-c2c(F)cc(F)c(F)c2C2=NCCO2)cc1. The molecule has 0 saturated carbocycles. The molecular formula is C16H10F3NO2. The second-order valence-electron chi connectivity index (χ2n) is 4.68. The summed E-state index contributed by atoms with van der Waals surface area (Å²) < 4.78 is 47.1. The first-order valence-electron chi connectivity index (χ1n) is 6.52. The first-order valence-corrected chi connectivity index (χ1v) is 6.52. The topological polar surface area (TPSA) is 38.7 Å². The molecule has 2 aromatic carbocycles. The largest absolute Gasteiger partial charge is 0.475 e. The van der Waals surface area contributed by atoms with Crippen LogP contribution in [0.25, 0.3) is 11.1 Å². The lowest BCUT2D eigenvalue weighted by atomic mass is 9.97. The van der Waals surface area contributed by atoms with Crippen molar-refractivity contribution in [3.8, 4) is 11.1 Å². The summed E-state index contributed by atoms with van der Waals surface area (Å²) in [5.41, 5.74) is 0.212. The number of ether oxygens (including phenoxy) is 1. The van der Waals surface area contributed by atoms with Gasteiger partial charge in [0.25, 0.3) is 0 Å². The fraction of sp³-hybridized carbons (Fsp3) is 0.125. The number of nitrogens with zero attached hydrogens (tertiary/aromatic N) is 1. The molecule has 0 N–H and O–H groups in total. The summed E-state index contributed by atoms with van der Waals surface area (Å²) in [6.45, 7) is 0.535. The molecule has 0 unspecified atom stereocenters. The Balaban J connectivity index is 2.24. The maximum atomic E-state index is 14.2. The molecule has 0 aliphatic carbocycles. The van der Waals surface area contributed by atoms with Crippen molar-refractivity contribution < 1.29 is 22.7 Å². The van der Waals surface area contributed by atoms with E-state index in [1.807, 2.05) is 0 Å². The predicted octanol–water partition coefficient (Wildman–Crippen LogP) is 3.36. The van der Waals surface area contributed by atoms with E-state index in [0.29, 0.717) is 30.0 Å². The summed E-state index contributed by atoms with van der Waals surface area (Å²) in [4.78, 5) is 14.6. The van der Waals surface area contributed by atoms with Crippen molar-refractivity contribution in [2.24, 2.45) is 4.99 Å². The third kappa shape index (κ3) is 2.36. The average Bonchev–Trinajstić information content (AvgIpc) is 3.05. The summed E-state index contributed by atoms with van der Waals surface area (Å²) in [5, 5.41) is 0. The molecule has 0 saturated heterocycles. The minimum atomic E-state index is -1.31. The standard InChI is InChI=1S/C16H10F3NO2/c17-11-7-12(18)15(19)14(16-20-5-6-22-16)13(11)10-3-1-9(8-21)2-4-10/h1-4,7-8H,5-6H2. The van der Waals surface area contributed by atoms with Crippen LogP contribution in [0.15, 0.2) is 35.3 Å². The quantitative estimate of drug-likeness (QED) is 0.644. The number of rotatable bonds is 3. The van der Waals surface area contributed by atoms with Crippen LogP contribution in [0.1, 0.15) is 15.9 Å². The van der Waals surface area contributed by atoms with Crippen LogP contribution >= 0.6 is 0 Å². The van der Waals surface area contributed by atoms with Crippen LogP contribution in [-0.4, -0.2) is 25.3 Å². The van der Waals surface area contributed by atoms with Gasteiger partial charge in [-0.15, -0.1) is 0 Å². The van der Waals surface area contributed by atoms with E-state index in [-0.39, 0.29) is 23.6 Å². The summed E-state index contributed by atoms with van der Waals surface area (Å²) in [5.74, 6) is -3.56. The van der Waals surface area contributed by atoms with Gasteiger partial charge in [0.1, 0.15) is 18.7 Å². The number of carbonyl (C=O) groups excluding carboxylic acids is 1. The smallest absolute Gasteiger partial charge is 0.220 e. The summed E-state index contributed by atoms with van der Waals surface area (Å²) in [7, 11) is 0. The number of halogens is 3. The van der Waals surface area contributed by atoms with Crippen molar-refractivity contribution in [1.29, 1.82) is 0 Å². The zero-order valence-electron chi connectivity index (χ0n) is 11.3. The normalized spacial score (nSPS) is 13.7. The van der Waals surface area contributed by atoms with Crippen LogP contribution in [0.4, 0.5) is 13.2 Å². The van der Waals surface area contributed by atoms with Gasteiger partial charge >= 0.3 is 0 Å². The Morgan fingerprint density at radius 3 is 2.36 bits per heavy atom. The van der Waals surface area contributed by atoms with E-state index >= 15 is 0 Å². The van der Waals surface area contributed by atoms with Crippen LogP contribution in [-0.2, 0) is 4.74 Å². The zero-order valence-corrected chi connectivity index (χ0v) is 11.3. The molecule has 3 rings (SSSR count). The van der Waals surface area contributed by atoms with Gasteiger partial charge in [-0.3, -0.25) is 4.79 Å². The van der Waals surface area contributed by atoms with Gasteiger partial charge in [0, 0.05) is 17.2 Å². The molecule has 22 heavy (non-hydrogen) atoms. The Morgan fingerprint density at radius 1 is 1.05 bits per heavy atom. The van der Waals surface area contributed by atoms with Crippen LogP contribution < -0.4 is 0 Å². The Morgan fingerprint density at radius 2 is 1.77 bits per heavy atom. The number of benzene rings is 2. The van der Waals surface area contributed by atoms with E-state index in [4.69, 9.17) is 4.74 Å². The number of carbonyl (C=O) groups is 1. The molecule has 0 atom stereocenters. The molecule has 2 aromatic rings. The van der Waals surface area contributed by atoms with E-state index in [2.05, 4.69) is 4.99 Å². The van der Waals surface area contributed by atoms with Crippen LogP contribution in [0.2, 0.25) is 0 Å². The van der Waals surface area contributed by atoms with Crippen LogP contribution in [0, 0.1) is 17.5 Å². The average molecular weight is 305 g/mol. The maximum absolute atomic E-state index is 14.2. The number of hydrogen-bond acceptors (Lipinski definition) is 3. The second-order valence-corrected chi connectivity index (χ2v) is 4.68. The minimum absolute atomic E-state index is 0.120. The lowest BCUT2D eigenvalue weighted by Crippen LogP contribution is -2.10. The van der Waals surface area contributed by atoms with Gasteiger partial charge in [-0.1, -0.05) is 24.3 Å². The summed E-state index contributed by atoms with van der Waals surface area (Å²) in [6.07, 6.45) is 0.635. The molecule has 3 nitrogen and oxygen atoms in total. The monoisotopic (exact) mass is 305 g/mol. The van der Waals surface area contributed by atoms with E-state index in [9.17, 15) is 18.0 Å². The molecule has 1 heterocycles. The van der Waals surface area contributed by atoms with Crippen LogP contribution in [0.3, 0.4) is 0 Å². The predicted molar refractivity (Wildman–Crippen MR) is 74.5 cm³/mol. The summed E-state index contributed by atoms with van der Waals surface area (Å²) >= 11 is 0. The van der Waals surface area contributed by atoms with Gasteiger partial charge in [0.05, 0.1) is 12.1 Å². The molecule has 1 aliphatic heterocycles. The van der Waals surface area contributed by atoms with Gasteiger partial charge in [-0.05, 0) is 5.56 Å². The van der Waals surface area contributed by atoms with Gasteiger partial charge in [0.2, 0.25) is 5.90 Å². The maximum Gasteiger partial charge on any atom is 0.220 e. The lowest BCUT2D eigenvalue weighted by Gasteiger charge is -2.13. The van der Waals surface area contributed by atoms with E-state index < -0.39 is 17.5 Å². The Bertz CT molecular complexity index is 770. The molecule has 0 spiro atoms. The van der Waals surface area contributed by atoms with Crippen LogP contribution in [0.5, 0.6) is 0 Å². The Labute approximate surface area is 124 Å². The highest BCUT2D eigenvalue weighted by Crippen LogP contribution is 2.32. The third-order valence-electron chi connectivity index (χ3n) is 3.31. The fourth-order valence-electron chi connectivity index (χ4n) is 2.29. The van der Waals surface area contributed by atoms with Crippen molar-refractivity contribution in [3.63, 3.8) is 0 Å². The van der Waals surface area contributed by atoms with Crippen molar-refractivity contribution in [3.05, 3.63) is 58.9 Å². The number of aliphatic imine (C=N–C) groups is 1. The summed E-state index contributed by atoms with van der Waals surface area (Å²) in [6, 6.07) is 6.32. The Hall–Kier alpha value is -2.63. The third-order valence-corrected chi connectivity index (χ3v) is 3.31. The van der Waals surface area contributed by atoms with Crippen molar-refractivity contribution in [1.82, 2.24) is 0 Å². The molecule has 0 amide bonds.